The fourth-order valence-electron chi connectivity index (χ4n) is 11.7. The van der Waals surface area contributed by atoms with Gasteiger partial charge in [0, 0.05) is 58.7 Å². The number of esters is 1. The second kappa shape index (κ2) is 29.4. The molecule has 0 saturated carbocycles. The zero-order valence-electron chi connectivity index (χ0n) is 50.2. The molecule has 22 heteroatoms. The molecule has 5 rings (SSSR count). The minimum absolute atomic E-state index is 0.0661. The first kappa shape index (κ1) is 68.7. The van der Waals surface area contributed by atoms with Crippen LogP contribution in [0.15, 0.2) is 70.1 Å². The topological polar surface area (TPSA) is 310 Å². The smallest absolute Gasteiger partial charge is 0.334 e. The summed E-state index contributed by atoms with van der Waals surface area (Å²) in [4.78, 5) is 14.4. The number of cyclic esters (lactones) is 1. The van der Waals surface area contributed by atoms with Gasteiger partial charge in [0.1, 0.15) is 60.2 Å². The molecule has 0 aromatic rings. The van der Waals surface area contributed by atoms with E-state index in [0.29, 0.717) is 17.6 Å². The van der Waals surface area contributed by atoms with Crippen LogP contribution in [-0.2, 0) is 61.6 Å². The van der Waals surface area contributed by atoms with E-state index in [-0.39, 0.29) is 43.6 Å². The molecule has 0 aromatic heterocycles. The summed E-state index contributed by atoms with van der Waals surface area (Å²) in [6.45, 7) is 20.5. The number of hydrogen-bond acceptors (Lipinski definition) is 22. The molecule has 22 nitrogen and oxygen atoms in total. The van der Waals surface area contributed by atoms with E-state index in [9.17, 15) is 50.8 Å². The normalized spacial score (nSPS) is 47.2. The summed E-state index contributed by atoms with van der Waals surface area (Å²) in [5, 5.41) is 102. The second-order valence-electron chi connectivity index (χ2n) is 23.4. The van der Waals surface area contributed by atoms with Gasteiger partial charge in [-0.2, -0.15) is 0 Å². The van der Waals surface area contributed by atoms with E-state index < -0.39 is 151 Å². The van der Waals surface area contributed by atoms with E-state index in [1.807, 2.05) is 45.9 Å². The Morgan fingerprint density at radius 2 is 1.37 bits per heavy atom. The van der Waals surface area contributed by atoms with Gasteiger partial charge in [-0.1, -0.05) is 54.9 Å². The zero-order valence-corrected chi connectivity index (χ0v) is 50.2. The lowest BCUT2D eigenvalue weighted by atomic mass is 9.75. The van der Waals surface area contributed by atoms with Crippen molar-refractivity contribution in [3.63, 3.8) is 0 Å². The number of methoxy groups -OCH3 is 4. The highest BCUT2D eigenvalue weighted by atomic mass is 16.7. The molecule has 0 amide bonds. The first-order chi connectivity index (χ1) is 37.8. The third kappa shape index (κ3) is 16.7. The fourth-order valence-corrected chi connectivity index (χ4v) is 11.7. The lowest BCUT2D eigenvalue weighted by Crippen LogP contribution is -2.74. The van der Waals surface area contributed by atoms with Crippen molar-refractivity contribution in [1.82, 2.24) is 0 Å². The first-order valence-electron chi connectivity index (χ1n) is 28.1. The summed E-state index contributed by atoms with van der Waals surface area (Å²) < 4.78 is 73.2. The number of allylic oxidation sites excluding steroid dienone is 7. The van der Waals surface area contributed by atoms with Gasteiger partial charge in [-0.3, -0.25) is 0 Å². The van der Waals surface area contributed by atoms with Gasteiger partial charge in [0.15, 0.2) is 18.9 Å². The largest absolute Gasteiger partial charge is 0.497 e. The van der Waals surface area contributed by atoms with E-state index in [4.69, 9.17) is 56.8 Å². The Kier molecular flexibility index (Phi) is 24.9. The van der Waals surface area contributed by atoms with Crippen molar-refractivity contribution in [1.29, 1.82) is 0 Å². The SMILES string of the molecule is COCCC[C@@H]1O[C@](O)([C@H](C)[C@@H]2C[C@@H](OC)[C@@H](O)/C=C(C)/C=C(C)/C=C(\C)[C@@H](O[C@@H]3O[C@@H](C)[C@H](O)[C@@H](O)[C@@H]3O)[C@@H](C)/C=C(C)/C=C(OC)/C=C(\C)C(=O)O2)[C@@H](OC)[C@H](O)[C@@]1(C)O[C@H]1C[C@H](O)[C@H](O[C@H]2C[C@@](C)(O)[C@H](O)[C@@H](C)O2)[C@@H](C)O1. The van der Waals surface area contributed by atoms with Gasteiger partial charge < -0.3 is 103 Å². The molecular formula is C59H96O22. The van der Waals surface area contributed by atoms with E-state index in [0.717, 1.165) is 11.1 Å². The van der Waals surface area contributed by atoms with Crippen molar-refractivity contribution >= 4 is 5.97 Å². The van der Waals surface area contributed by atoms with Crippen LogP contribution in [0, 0.1) is 11.8 Å². The third-order valence-electron chi connectivity index (χ3n) is 16.5. The molecule has 5 aliphatic heterocycles. The molecule has 81 heavy (non-hydrogen) atoms. The number of ether oxygens (including phenoxy) is 12. The van der Waals surface area contributed by atoms with Crippen LogP contribution in [0.4, 0.5) is 0 Å². The Morgan fingerprint density at radius 3 is 1.98 bits per heavy atom. The molecule has 5 aliphatic rings. The van der Waals surface area contributed by atoms with E-state index in [1.165, 1.54) is 48.4 Å². The van der Waals surface area contributed by atoms with Crippen LogP contribution in [0.3, 0.4) is 0 Å². The summed E-state index contributed by atoms with van der Waals surface area (Å²) in [6, 6.07) is 0. The maximum atomic E-state index is 14.4. The van der Waals surface area contributed by atoms with Gasteiger partial charge in [-0.25, -0.2) is 4.79 Å². The lowest BCUT2D eigenvalue weighted by molar-refractivity contribution is -0.416. The molecule has 4 saturated heterocycles. The van der Waals surface area contributed by atoms with Crippen LogP contribution >= 0.6 is 0 Å². The average molecular weight is 1160 g/mol. The van der Waals surface area contributed by atoms with Crippen LogP contribution < -0.4 is 0 Å². The van der Waals surface area contributed by atoms with Crippen molar-refractivity contribution in [3.8, 4) is 0 Å². The first-order valence-corrected chi connectivity index (χ1v) is 28.1. The average Bonchev–Trinajstić information content (AvgIpc) is 3.57. The van der Waals surface area contributed by atoms with Gasteiger partial charge in [-0.05, 0) is 99.8 Å². The standard InChI is InChI=1S/C59H96O22/c1-29-20-30(2)24-40(60)43(72-15)27-42(77-55(67)34(6)25-39(71-14)23-31(3)22-33(5)50(32(4)21-29)79-56-49(64)48(63)47(62)36(8)76-56)35(7)59(69)54(73-16)53(66)58(12,44(80-59)18-17-19-70-13)81-45-26-41(61)51(37(9)74-45)78-46-28-57(11,68)52(65)38(10)75-46/h20-25,33,35-38,40-54,56,60-66,68-69H,17-19,26-28H2,1-16H3/b29-20+,30-24+,31-22+,32-21+,34-25+,39-23-/t33-,35+,36-,37+,38+,40-,41-,42-,43+,44-,45-,46-,47-,48+,49-,50+,51+,52+,53-,54-,56-,57+,58-,59+/m0/s1. The number of rotatable bonds is 15. The van der Waals surface area contributed by atoms with Crippen molar-refractivity contribution in [2.75, 3.05) is 35.0 Å². The van der Waals surface area contributed by atoms with Crippen molar-refractivity contribution < 1.29 is 108 Å². The van der Waals surface area contributed by atoms with E-state index in [2.05, 4.69) is 0 Å². The van der Waals surface area contributed by atoms with Gasteiger partial charge in [0.25, 0.3) is 0 Å². The summed E-state index contributed by atoms with van der Waals surface area (Å²) in [6.07, 6.45) is -11.8. The van der Waals surface area contributed by atoms with Gasteiger partial charge in [-0.15, -0.1) is 0 Å². The molecular weight excluding hydrogens is 1060 g/mol. The summed E-state index contributed by atoms with van der Waals surface area (Å²) >= 11 is 0. The second-order valence-corrected chi connectivity index (χ2v) is 23.4. The van der Waals surface area contributed by atoms with Crippen molar-refractivity contribution in [2.24, 2.45) is 11.8 Å². The molecule has 464 valence electrons. The third-order valence-corrected chi connectivity index (χ3v) is 16.5. The number of hydrogen-bond donors (Lipinski definition) is 9. The minimum Gasteiger partial charge on any atom is -0.497 e. The minimum atomic E-state index is -2.44. The maximum Gasteiger partial charge on any atom is 0.334 e. The summed E-state index contributed by atoms with van der Waals surface area (Å²) in [7, 11) is 5.64. The summed E-state index contributed by atoms with van der Waals surface area (Å²) in [5.74, 6) is -4.64. The van der Waals surface area contributed by atoms with Crippen molar-refractivity contribution in [2.45, 2.75) is 249 Å². The highest BCUT2D eigenvalue weighted by Crippen LogP contribution is 2.47. The number of aliphatic hydroxyl groups excluding tert-OH is 7. The Morgan fingerprint density at radius 1 is 0.716 bits per heavy atom. The van der Waals surface area contributed by atoms with Crippen LogP contribution in [0.5, 0.6) is 0 Å². The number of aliphatic hydroxyl groups is 9. The predicted octanol–water partition coefficient (Wildman–Crippen LogP) is 3.22. The van der Waals surface area contributed by atoms with Crippen LogP contribution in [0.2, 0.25) is 0 Å². The fraction of sp³-hybridized carbons (Fsp3) is 0.780. The molecule has 0 aliphatic carbocycles. The number of carbonyl (C=O) groups excluding carboxylic acids is 1. The molecule has 24 atom stereocenters. The van der Waals surface area contributed by atoms with Gasteiger partial charge >= 0.3 is 5.97 Å². The van der Waals surface area contributed by atoms with Gasteiger partial charge in [0.2, 0.25) is 5.79 Å². The predicted molar refractivity (Wildman–Crippen MR) is 293 cm³/mol. The molecule has 0 radical (unpaired) electrons. The van der Waals surface area contributed by atoms with Gasteiger partial charge in [0.05, 0.1) is 67.5 Å². The quantitative estimate of drug-likeness (QED) is 0.0840. The molecule has 5 heterocycles. The number of carbonyl (C=O) groups is 1. The Bertz CT molecular complexity index is 2230. The Hall–Kier alpha value is -3.05. The molecule has 0 unspecified atom stereocenters. The van der Waals surface area contributed by atoms with Crippen LogP contribution in [-0.4, -0.2) is 220 Å². The molecule has 0 bridgehead atoms. The van der Waals surface area contributed by atoms with Crippen molar-refractivity contribution in [3.05, 3.63) is 70.1 Å². The lowest BCUT2D eigenvalue weighted by Gasteiger charge is -2.57. The highest BCUT2D eigenvalue weighted by Gasteiger charge is 2.64. The monoisotopic (exact) mass is 1160 g/mol. The Balaban J connectivity index is 1.49. The maximum absolute atomic E-state index is 14.4. The summed E-state index contributed by atoms with van der Waals surface area (Å²) in [5.41, 5.74) is -0.327. The molecule has 0 spiro atoms. The zero-order chi connectivity index (χ0) is 60.6. The molecule has 0 aromatic carbocycles. The van der Waals surface area contributed by atoms with Crippen LogP contribution in [0.25, 0.3) is 0 Å². The molecule has 9 N–H and O–H groups in total. The highest BCUT2D eigenvalue weighted by molar-refractivity contribution is 5.88. The van der Waals surface area contributed by atoms with E-state index in [1.54, 1.807) is 53.7 Å². The van der Waals surface area contributed by atoms with Crippen LogP contribution in [0.1, 0.15) is 115 Å². The van der Waals surface area contributed by atoms with E-state index >= 15 is 0 Å². The molecule has 4 fully saturated rings. The Labute approximate surface area is 477 Å².